The molecule has 0 spiro atoms. The van der Waals surface area contributed by atoms with Gasteiger partial charge in [-0.05, 0) is 54.8 Å². The summed E-state index contributed by atoms with van der Waals surface area (Å²) >= 11 is 6.11. The fourth-order valence-electron chi connectivity index (χ4n) is 3.39. The first-order valence-electron chi connectivity index (χ1n) is 9.42. The molecule has 0 aliphatic carbocycles. The summed E-state index contributed by atoms with van der Waals surface area (Å²) in [5.41, 5.74) is 2.85. The van der Waals surface area contributed by atoms with E-state index in [0.29, 0.717) is 28.4 Å². The van der Waals surface area contributed by atoms with E-state index in [1.54, 1.807) is 17.8 Å². The molecule has 0 unspecified atom stereocenters. The second-order valence-electron chi connectivity index (χ2n) is 7.34. The summed E-state index contributed by atoms with van der Waals surface area (Å²) in [5, 5.41) is 5.14. The Kier molecular flexibility index (Phi) is 4.99. The van der Waals surface area contributed by atoms with Crippen molar-refractivity contribution in [2.24, 2.45) is 14.1 Å². The number of halogens is 1. The normalized spacial score (nSPS) is 11.2. The topological polar surface area (TPSA) is 71.1 Å². The Morgan fingerprint density at radius 1 is 0.967 bits per heavy atom. The average Bonchev–Trinajstić information content (AvgIpc) is 3.05. The zero-order valence-corrected chi connectivity index (χ0v) is 17.9. The van der Waals surface area contributed by atoms with Crippen LogP contribution >= 0.6 is 11.6 Å². The summed E-state index contributed by atoms with van der Waals surface area (Å²) < 4.78 is 10.0. The number of rotatable bonds is 4. The number of hydrogen-bond donors (Lipinski definition) is 0. The molecule has 30 heavy (non-hydrogen) atoms. The smallest absolute Gasteiger partial charge is 0.331 e. The van der Waals surface area contributed by atoms with Crippen LogP contribution in [0, 0.1) is 13.8 Å². The number of hydrogen-bond acceptors (Lipinski definition) is 4. The van der Waals surface area contributed by atoms with Crippen molar-refractivity contribution in [3.8, 4) is 11.6 Å². The lowest BCUT2D eigenvalue weighted by Crippen LogP contribution is -2.37. The van der Waals surface area contributed by atoms with Gasteiger partial charge in [0.05, 0.1) is 6.54 Å². The van der Waals surface area contributed by atoms with Crippen LogP contribution in [0.5, 0.6) is 11.6 Å². The molecule has 0 N–H and O–H groups in total. The number of aromatic nitrogens is 4. The Hall–Kier alpha value is -3.32. The van der Waals surface area contributed by atoms with Crippen molar-refractivity contribution in [3.05, 3.63) is 85.0 Å². The van der Waals surface area contributed by atoms with E-state index in [1.807, 2.05) is 50.2 Å². The van der Waals surface area contributed by atoms with Crippen molar-refractivity contribution in [2.45, 2.75) is 20.4 Å². The van der Waals surface area contributed by atoms with Gasteiger partial charge in [0, 0.05) is 19.1 Å². The van der Waals surface area contributed by atoms with Crippen LogP contribution in [0.15, 0.2) is 52.1 Å². The van der Waals surface area contributed by atoms with E-state index >= 15 is 0 Å². The largest absolute Gasteiger partial charge is 0.436 e. The molecule has 7 nitrogen and oxygen atoms in total. The van der Waals surface area contributed by atoms with Gasteiger partial charge >= 0.3 is 5.69 Å². The number of benzene rings is 2. The van der Waals surface area contributed by atoms with Gasteiger partial charge < -0.3 is 4.74 Å². The minimum atomic E-state index is -0.445. The van der Waals surface area contributed by atoms with Gasteiger partial charge in [-0.25, -0.2) is 9.48 Å². The summed E-state index contributed by atoms with van der Waals surface area (Å²) in [6.07, 6.45) is 0. The van der Waals surface area contributed by atoms with Crippen LogP contribution < -0.4 is 16.0 Å². The molecular weight excluding hydrogens is 404 g/mol. The predicted octanol–water partition coefficient (Wildman–Crippen LogP) is 3.54. The first-order valence-corrected chi connectivity index (χ1v) is 9.80. The van der Waals surface area contributed by atoms with Crippen molar-refractivity contribution in [1.82, 2.24) is 18.9 Å². The molecule has 4 rings (SSSR count). The third-order valence-corrected chi connectivity index (χ3v) is 5.46. The highest BCUT2D eigenvalue weighted by Crippen LogP contribution is 2.28. The van der Waals surface area contributed by atoms with E-state index in [0.717, 1.165) is 21.3 Å². The molecule has 0 amide bonds. The summed E-state index contributed by atoms with van der Waals surface area (Å²) in [6, 6.07) is 13.0. The van der Waals surface area contributed by atoms with Gasteiger partial charge in [-0.15, -0.1) is 5.10 Å². The minimum Gasteiger partial charge on any atom is -0.436 e. The van der Waals surface area contributed by atoms with Crippen molar-refractivity contribution in [1.29, 1.82) is 0 Å². The molecule has 0 aliphatic heterocycles. The molecule has 0 aliphatic rings. The number of aryl methyl sites for hydroxylation is 3. The third-order valence-electron chi connectivity index (χ3n) is 5.23. The Bertz CT molecular complexity index is 1400. The maximum atomic E-state index is 13.0. The molecule has 4 aromatic rings. The lowest BCUT2D eigenvalue weighted by molar-refractivity contribution is 0.453. The van der Waals surface area contributed by atoms with E-state index in [9.17, 15) is 9.59 Å². The van der Waals surface area contributed by atoms with E-state index in [2.05, 4.69) is 5.10 Å². The zero-order valence-electron chi connectivity index (χ0n) is 17.1. The predicted molar refractivity (Wildman–Crippen MR) is 117 cm³/mol. The van der Waals surface area contributed by atoms with Crippen LogP contribution in [-0.4, -0.2) is 18.9 Å². The monoisotopic (exact) mass is 424 g/mol. The van der Waals surface area contributed by atoms with Crippen LogP contribution in [-0.2, 0) is 20.6 Å². The highest BCUT2D eigenvalue weighted by Gasteiger charge is 2.21. The Balaban J connectivity index is 1.92. The van der Waals surface area contributed by atoms with Gasteiger partial charge in [0.25, 0.3) is 11.4 Å². The summed E-state index contributed by atoms with van der Waals surface area (Å²) in [5.74, 6) is 0.785. The molecule has 2 aromatic heterocycles. The SMILES string of the molecule is Cc1ccc(Oc2nn(Cc3cccc(Cl)c3)c3c(=O)n(C)c(=O)n(C)c23)cc1C. The number of nitrogens with zero attached hydrogens (tertiary/aromatic N) is 4. The standard InChI is InChI=1S/C22H21ClN4O3/c1-13-8-9-17(10-14(13)2)30-20-18-19(21(28)26(4)22(29)25(18)3)27(24-20)12-15-6-5-7-16(23)11-15/h5-11H,12H2,1-4H3. The lowest BCUT2D eigenvalue weighted by atomic mass is 10.1. The van der Waals surface area contributed by atoms with Gasteiger partial charge in [0.15, 0.2) is 5.52 Å². The molecule has 0 atom stereocenters. The summed E-state index contributed by atoms with van der Waals surface area (Å²) in [7, 11) is 3.05. The Labute approximate surface area is 177 Å². The van der Waals surface area contributed by atoms with E-state index in [1.165, 1.54) is 11.6 Å². The molecule has 8 heteroatoms. The number of ether oxygens (including phenoxy) is 1. The van der Waals surface area contributed by atoms with Crippen LogP contribution in [0.4, 0.5) is 0 Å². The van der Waals surface area contributed by atoms with Crippen LogP contribution in [0.25, 0.3) is 11.0 Å². The molecule has 2 aromatic carbocycles. The second-order valence-corrected chi connectivity index (χ2v) is 7.78. The van der Waals surface area contributed by atoms with Gasteiger partial charge in [0.1, 0.15) is 11.3 Å². The van der Waals surface area contributed by atoms with Crippen molar-refractivity contribution in [2.75, 3.05) is 0 Å². The fraction of sp³-hybridized carbons (Fsp3) is 0.227. The van der Waals surface area contributed by atoms with Crippen molar-refractivity contribution < 1.29 is 4.74 Å². The first kappa shape index (κ1) is 20.0. The van der Waals surface area contributed by atoms with E-state index < -0.39 is 11.2 Å². The lowest BCUT2D eigenvalue weighted by Gasteiger charge is -2.08. The third kappa shape index (κ3) is 3.41. The van der Waals surface area contributed by atoms with Gasteiger partial charge in [-0.3, -0.25) is 13.9 Å². The highest BCUT2D eigenvalue weighted by molar-refractivity contribution is 6.30. The molecule has 0 bridgehead atoms. The molecular formula is C22H21ClN4O3. The molecule has 0 saturated carbocycles. The van der Waals surface area contributed by atoms with Crippen molar-refractivity contribution >= 4 is 22.6 Å². The van der Waals surface area contributed by atoms with Crippen LogP contribution in [0.1, 0.15) is 16.7 Å². The maximum Gasteiger partial charge on any atom is 0.331 e. The van der Waals surface area contributed by atoms with Gasteiger partial charge in [0.2, 0.25) is 0 Å². The van der Waals surface area contributed by atoms with Crippen molar-refractivity contribution in [3.63, 3.8) is 0 Å². The highest BCUT2D eigenvalue weighted by atomic mass is 35.5. The fourth-order valence-corrected chi connectivity index (χ4v) is 3.60. The summed E-state index contributed by atoms with van der Waals surface area (Å²) in [6.45, 7) is 4.31. The Morgan fingerprint density at radius 2 is 1.73 bits per heavy atom. The summed E-state index contributed by atoms with van der Waals surface area (Å²) in [4.78, 5) is 25.5. The zero-order chi connectivity index (χ0) is 21.6. The van der Waals surface area contributed by atoms with E-state index in [-0.39, 0.29) is 5.88 Å². The van der Waals surface area contributed by atoms with Gasteiger partial charge in [-0.2, -0.15) is 0 Å². The second kappa shape index (κ2) is 7.50. The first-order chi connectivity index (χ1) is 14.3. The number of fused-ring (bicyclic) bond motifs is 1. The molecule has 0 radical (unpaired) electrons. The molecule has 154 valence electrons. The van der Waals surface area contributed by atoms with Crippen LogP contribution in [0.2, 0.25) is 5.02 Å². The van der Waals surface area contributed by atoms with Gasteiger partial charge in [-0.1, -0.05) is 29.8 Å². The van der Waals surface area contributed by atoms with Crippen LogP contribution in [0.3, 0.4) is 0 Å². The maximum absolute atomic E-state index is 13.0. The quantitative estimate of drug-likeness (QED) is 0.502. The molecule has 0 fully saturated rings. The molecule has 2 heterocycles. The molecule has 0 saturated heterocycles. The Morgan fingerprint density at radius 3 is 2.43 bits per heavy atom. The minimum absolute atomic E-state index is 0.201. The van der Waals surface area contributed by atoms with E-state index in [4.69, 9.17) is 16.3 Å². The average molecular weight is 425 g/mol.